The second-order valence-corrected chi connectivity index (χ2v) is 4.34. The molecular weight excluding hydrogens is 237 g/mol. The number of carboxylic acid groups (broad SMARTS) is 1. The van der Waals surface area contributed by atoms with Crippen molar-refractivity contribution in [1.82, 2.24) is 4.57 Å². The van der Waals surface area contributed by atoms with Crippen LogP contribution in [0.25, 0.3) is 10.9 Å². The third-order valence-electron chi connectivity index (χ3n) is 2.78. The molecule has 0 aliphatic carbocycles. The van der Waals surface area contributed by atoms with E-state index in [0.717, 1.165) is 6.07 Å². The van der Waals surface area contributed by atoms with Crippen molar-refractivity contribution in [3.05, 3.63) is 46.0 Å². The lowest BCUT2D eigenvalue weighted by atomic mass is 10.1. The molecule has 4 nitrogen and oxygen atoms in total. The maximum absolute atomic E-state index is 13.2. The minimum absolute atomic E-state index is 0.0759. The van der Waals surface area contributed by atoms with Crippen molar-refractivity contribution >= 4 is 16.9 Å². The molecule has 2 aromatic rings. The van der Waals surface area contributed by atoms with Crippen LogP contribution in [0, 0.1) is 5.82 Å². The summed E-state index contributed by atoms with van der Waals surface area (Å²) in [4.78, 5) is 23.0. The van der Waals surface area contributed by atoms with Crippen molar-refractivity contribution in [3.63, 3.8) is 0 Å². The lowest BCUT2D eigenvalue weighted by molar-refractivity contribution is 0.0695. The van der Waals surface area contributed by atoms with Crippen LogP contribution >= 0.6 is 0 Å². The molecule has 1 N–H and O–H groups in total. The lowest BCUT2D eigenvalue weighted by Crippen LogP contribution is -2.19. The molecule has 0 unspecified atom stereocenters. The van der Waals surface area contributed by atoms with E-state index >= 15 is 0 Å². The fraction of sp³-hybridized carbons (Fsp3) is 0.231. The number of rotatable bonds is 2. The van der Waals surface area contributed by atoms with E-state index < -0.39 is 17.2 Å². The van der Waals surface area contributed by atoms with E-state index in [4.69, 9.17) is 5.11 Å². The van der Waals surface area contributed by atoms with Gasteiger partial charge in [-0.25, -0.2) is 9.18 Å². The second-order valence-electron chi connectivity index (χ2n) is 4.34. The van der Waals surface area contributed by atoms with Gasteiger partial charge in [-0.05, 0) is 32.0 Å². The van der Waals surface area contributed by atoms with Gasteiger partial charge < -0.3 is 9.67 Å². The highest BCUT2D eigenvalue weighted by atomic mass is 19.1. The van der Waals surface area contributed by atoms with Crippen molar-refractivity contribution < 1.29 is 14.3 Å². The average Bonchev–Trinajstić information content (AvgIpc) is 2.28. The Morgan fingerprint density at radius 3 is 2.61 bits per heavy atom. The molecule has 1 aromatic carbocycles. The van der Waals surface area contributed by atoms with E-state index in [1.165, 1.54) is 18.3 Å². The minimum atomic E-state index is -1.28. The van der Waals surface area contributed by atoms with Crippen LogP contribution in [0.3, 0.4) is 0 Å². The van der Waals surface area contributed by atoms with Crippen molar-refractivity contribution in [2.75, 3.05) is 0 Å². The Labute approximate surface area is 102 Å². The highest BCUT2D eigenvalue weighted by Crippen LogP contribution is 2.18. The number of aromatic carboxylic acids is 1. The molecule has 94 valence electrons. The number of carboxylic acids is 1. The van der Waals surface area contributed by atoms with E-state index in [1.54, 1.807) is 4.57 Å². The number of hydrogen-bond acceptors (Lipinski definition) is 2. The molecule has 0 atom stereocenters. The fourth-order valence-electron chi connectivity index (χ4n) is 1.90. The standard InChI is InChI=1S/C13H12FNO3/c1-7(2)15-6-10(13(17)18)12(16)9-4-3-8(14)5-11(9)15/h3-7H,1-2H3,(H,17,18). The summed E-state index contributed by atoms with van der Waals surface area (Å²) < 4.78 is 14.8. The molecule has 1 aromatic heterocycles. The highest BCUT2D eigenvalue weighted by Gasteiger charge is 2.15. The Balaban J connectivity index is 2.97. The summed E-state index contributed by atoms with van der Waals surface area (Å²) in [7, 11) is 0. The van der Waals surface area contributed by atoms with Gasteiger partial charge in [0.2, 0.25) is 5.43 Å². The highest BCUT2D eigenvalue weighted by molar-refractivity contribution is 5.92. The van der Waals surface area contributed by atoms with E-state index in [0.29, 0.717) is 5.52 Å². The number of fused-ring (bicyclic) bond motifs is 1. The number of halogens is 1. The number of hydrogen-bond donors (Lipinski definition) is 1. The minimum Gasteiger partial charge on any atom is -0.477 e. The molecule has 0 aliphatic rings. The summed E-state index contributed by atoms with van der Waals surface area (Å²) in [5.74, 6) is -1.74. The smallest absolute Gasteiger partial charge is 0.341 e. The van der Waals surface area contributed by atoms with Crippen molar-refractivity contribution in [3.8, 4) is 0 Å². The van der Waals surface area contributed by atoms with Gasteiger partial charge in [0.25, 0.3) is 0 Å². The van der Waals surface area contributed by atoms with Crippen LogP contribution in [0.1, 0.15) is 30.2 Å². The maximum Gasteiger partial charge on any atom is 0.341 e. The van der Waals surface area contributed by atoms with Crippen molar-refractivity contribution in [1.29, 1.82) is 0 Å². The zero-order chi connectivity index (χ0) is 13.4. The molecule has 0 bridgehead atoms. The summed E-state index contributed by atoms with van der Waals surface area (Å²) in [5, 5.41) is 9.21. The first kappa shape index (κ1) is 12.3. The predicted molar refractivity (Wildman–Crippen MR) is 65.5 cm³/mol. The number of pyridine rings is 1. The topological polar surface area (TPSA) is 59.3 Å². The van der Waals surface area contributed by atoms with Crippen LogP contribution in [0.15, 0.2) is 29.2 Å². The van der Waals surface area contributed by atoms with Crippen LogP contribution in [-0.4, -0.2) is 15.6 Å². The average molecular weight is 249 g/mol. The first-order chi connectivity index (χ1) is 8.41. The zero-order valence-electron chi connectivity index (χ0n) is 9.98. The van der Waals surface area contributed by atoms with E-state index in [9.17, 15) is 14.0 Å². The van der Waals surface area contributed by atoms with Crippen LogP contribution in [0.5, 0.6) is 0 Å². The monoisotopic (exact) mass is 249 g/mol. The summed E-state index contributed by atoms with van der Waals surface area (Å²) in [6.07, 6.45) is 1.26. The molecule has 0 saturated heterocycles. The third kappa shape index (κ3) is 1.88. The van der Waals surface area contributed by atoms with Crippen LogP contribution in [0.4, 0.5) is 4.39 Å². The first-order valence-corrected chi connectivity index (χ1v) is 5.49. The predicted octanol–water partition coefficient (Wildman–Crippen LogP) is 2.42. The van der Waals surface area contributed by atoms with Gasteiger partial charge >= 0.3 is 5.97 Å². The third-order valence-corrected chi connectivity index (χ3v) is 2.78. The Kier molecular flexibility index (Phi) is 2.90. The molecular formula is C13H12FNO3. The fourth-order valence-corrected chi connectivity index (χ4v) is 1.90. The van der Waals surface area contributed by atoms with E-state index in [-0.39, 0.29) is 17.0 Å². The molecule has 0 aliphatic heterocycles. The van der Waals surface area contributed by atoms with Crippen LogP contribution in [-0.2, 0) is 0 Å². The maximum atomic E-state index is 13.2. The molecule has 0 fully saturated rings. The number of benzene rings is 1. The van der Waals surface area contributed by atoms with Crippen LogP contribution < -0.4 is 5.43 Å². The quantitative estimate of drug-likeness (QED) is 0.889. The number of nitrogens with zero attached hydrogens (tertiary/aromatic N) is 1. The molecule has 18 heavy (non-hydrogen) atoms. The molecule has 2 rings (SSSR count). The van der Waals surface area contributed by atoms with E-state index in [1.807, 2.05) is 13.8 Å². The van der Waals surface area contributed by atoms with Crippen LogP contribution in [0.2, 0.25) is 0 Å². The Morgan fingerprint density at radius 2 is 2.06 bits per heavy atom. The van der Waals surface area contributed by atoms with Gasteiger partial charge in [-0.15, -0.1) is 0 Å². The Hall–Kier alpha value is -2.17. The van der Waals surface area contributed by atoms with Gasteiger partial charge in [0.15, 0.2) is 0 Å². The Bertz CT molecular complexity index is 688. The summed E-state index contributed by atoms with van der Waals surface area (Å²) in [6, 6.07) is 3.63. The molecule has 0 amide bonds. The van der Waals surface area contributed by atoms with Gasteiger partial charge in [0.05, 0.1) is 5.52 Å². The normalized spacial score (nSPS) is 11.1. The SMILES string of the molecule is CC(C)n1cc(C(=O)O)c(=O)c2ccc(F)cc21. The summed E-state index contributed by atoms with van der Waals surface area (Å²) in [5.41, 5.74) is -0.489. The molecule has 0 spiro atoms. The number of carbonyl (C=O) groups is 1. The van der Waals surface area contributed by atoms with E-state index in [2.05, 4.69) is 0 Å². The molecule has 0 saturated carbocycles. The molecule has 0 radical (unpaired) electrons. The van der Waals surface area contributed by atoms with Gasteiger partial charge in [-0.1, -0.05) is 0 Å². The van der Waals surface area contributed by atoms with Gasteiger partial charge in [0.1, 0.15) is 11.4 Å². The van der Waals surface area contributed by atoms with Crippen molar-refractivity contribution in [2.45, 2.75) is 19.9 Å². The largest absolute Gasteiger partial charge is 0.477 e. The number of aromatic nitrogens is 1. The van der Waals surface area contributed by atoms with Gasteiger partial charge in [-0.3, -0.25) is 4.79 Å². The van der Waals surface area contributed by atoms with Gasteiger partial charge in [0, 0.05) is 17.6 Å². The molecule has 1 heterocycles. The first-order valence-electron chi connectivity index (χ1n) is 5.49. The lowest BCUT2D eigenvalue weighted by Gasteiger charge is -2.15. The van der Waals surface area contributed by atoms with Crippen molar-refractivity contribution in [2.24, 2.45) is 0 Å². The van der Waals surface area contributed by atoms with Gasteiger partial charge in [-0.2, -0.15) is 0 Å². The molecule has 5 heteroatoms. The summed E-state index contributed by atoms with van der Waals surface area (Å²) >= 11 is 0. The summed E-state index contributed by atoms with van der Waals surface area (Å²) in [6.45, 7) is 3.67. The zero-order valence-corrected chi connectivity index (χ0v) is 9.98. The Morgan fingerprint density at radius 1 is 1.39 bits per heavy atom. The second kappa shape index (κ2) is 4.25.